The van der Waals surface area contributed by atoms with Gasteiger partial charge in [0.25, 0.3) is 0 Å². The van der Waals surface area contributed by atoms with Crippen molar-refractivity contribution in [3.05, 3.63) is 96.8 Å². The van der Waals surface area contributed by atoms with Crippen molar-refractivity contribution in [1.82, 2.24) is 4.75 Å². The normalized spacial score (nSPS) is 10.1. The number of rotatable bonds is 4. The van der Waals surface area contributed by atoms with Gasteiger partial charge in [-0.15, -0.1) is 0 Å². The third kappa shape index (κ3) is 5.31. The summed E-state index contributed by atoms with van der Waals surface area (Å²) in [6.45, 7) is 1.22. The molecule has 4 aromatic rings. The second-order valence-corrected chi connectivity index (χ2v) is 7.00. The van der Waals surface area contributed by atoms with Gasteiger partial charge in [0, 0.05) is 26.4 Å². The first-order valence-electron chi connectivity index (χ1n) is 9.18. The maximum absolute atomic E-state index is 9.44. The maximum atomic E-state index is 9.44. The molecule has 0 spiro atoms. The number of ketones is 1. The Kier molecular flexibility index (Phi) is 7.16. The van der Waals surface area contributed by atoms with Gasteiger partial charge in [-0.05, 0) is 22.5 Å². The largest absolute Gasteiger partial charge is 0.295 e. The standard InChI is InChI=1S/C22H16NP.C3H4O2/c1-4-10-17(11-5-1)20-16-24-23-22(19-14-8-3-9-15-19)21(20)18-12-6-2-7-13-18;1-3(5)2-4/h1-16H;2H,1H3. The number of nitrogens with zero attached hydrogens (tertiary/aromatic N) is 1. The fourth-order valence-corrected chi connectivity index (χ4v) is 3.70. The SMILES string of the molecule is CC(=O)C=O.c1ccc(-c2cpnc(-c3ccccc3)c2-c2ccccc2)cc1. The van der Waals surface area contributed by atoms with E-state index in [1.807, 2.05) is 6.07 Å². The molecule has 4 rings (SSSR count). The van der Waals surface area contributed by atoms with Gasteiger partial charge in [0.15, 0.2) is 12.1 Å². The van der Waals surface area contributed by atoms with Crippen LogP contribution in [0.1, 0.15) is 6.92 Å². The Balaban J connectivity index is 0.000000431. The van der Waals surface area contributed by atoms with E-state index < -0.39 is 5.78 Å². The average molecular weight is 397 g/mol. The summed E-state index contributed by atoms with van der Waals surface area (Å²) in [4.78, 5) is 18.6. The molecule has 1 heterocycles. The molecule has 0 N–H and O–H groups in total. The lowest BCUT2D eigenvalue weighted by atomic mass is 9.93. The van der Waals surface area contributed by atoms with Gasteiger partial charge < -0.3 is 0 Å². The zero-order chi connectivity index (χ0) is 20.5. The molecular weight excluding hydrogens is 377 g/mol. The van der Waals surface area contributed by atoms with Crippen molar-refractivity contribution in [3.8, 4) is 33.5 Å². The first-order chi connectivity index (χ1) is 14.2. The van der Waals surface area contributed by atoms with Gasteiger partial charge in [-0.25, -0.2) is 4.75 Å². The summed E-state index contributed by atoms with van der Waals surface area (Å²) in [5, 5.41) is 0. The Bertz CT molecular complexity index is 1020. The van der Waals surface area contributed by atoms with E-state index in [0.29, 0.717) is 0 Å². The summed E-state index contributed by atoms with van der Waals surface area (Å²) in [5.74, 6) is 1.77. The second-order valence-electron chi connectivity index (χ2n) is 6.31. The predicted octanol–water partition coefficient (Wildman–Crippen LogP) is 6.44. The van der Waals surface area contributed by atoms with Crippen LogP contribution in [-0.2, 0) is 9.59 Å². The van der Waals surface area contributed by atoms with Gasteiger partial charge in [0.2, 0.25) is 0 Å². The predicted molar refractivity (Wildman–Crippen MR) is 120 cm³/mol. The highest BCUT2D eigenvalue weighted by atomic mass is 31.0. The van der Waals surface area contributed by atoms with Crippen LogP contribution in [0.2, 0.25) is 0 Å². The molecule has 0 amide bonds. The van der Waals surface area contributed by atoms with Crippen LogP contribution in [0.5, 0.6) is 0 Å². The minimum Gasteiger partial charge on any atom is -0.295 e. The zero-order valence-corrected chi connectivity index (χ0v) is 16.9. The molecule has 0 aliphatic rings. The van der Waals surface area contributed by atoms with Crippen LogP contribution in [-0.4, -0.2) is 16.8 Å². The number of carbonyl (C=O) groups is 2. The summed E-state index contributed by atoms with van der Waals surface area (Å²) in [6.07, 6.45) is 0.278. The second kappa shape index (κ2) is 10.2. The van der Waals surface area contributed by atoms with Crippen molar-refractivity contribution in [2.75, 3.05) is 0 Å². The highest BCUT2D eigenvalue weighted by Crippen LogP contribution is 2.40. The van der Waals surface area contributed by atoms with Crippen LogP contribution >= 0.6 is 8.35 Å². The molecule has 29 heavy (non-hydrogen) atoms. The number of benzene rings is 3. The quantitative estimate of drug-likeness (QED) is 0.294. The van der Waals surface area contributed by atoms with Gasteiger partial charge in [0.05, 0.1) is 5.69 Å². The molecule has 142 valence electrons. The van der Waals surface area contributed by atoms with Crippen LogP contribution < -0.4 is 0 Å². The monoisotopic (exact) mass is 397 g/mol. The molecule has 0 aliphatic carbocycles. The lowest BCUT2D eigenvalue weighted by molar-refractivity contribution is -0.128. The van der Waals surface area contributed by atoms with Crippen molar-refractivity contribution in [2.24, 2.45) is 0 Å². The van der Waals surface area contributed by atoms with Crippen molar-refractivity contribution in [2.45, 2.75) is 6.92 Å². The van der Waals surface area contributed by atoms with Crippen LogP contribution in [0.3, 0.4) is 0 Å². The fraction of sp³-hybridized carbons (Fsp3) is 0.0400. The van der Waals surface area contributed by atoms with Gasteiger partial charge in [-0.2, -0.15) is 0 Å². The molecule has 4 heteroatoms. The highest BCUT2D eigenvalue weighted by Gasteiger charge is 2.15. The molecular formula is C25H20NO2P. The van der Waals surface area contributed by atoms with E-state index in [4.69, 9.17) is 9.54 Å². The average Bonchev–Trinajstić information content (AvgIpc) is 2.80. The van der Waals surface area contributed by atoms with E-state index in [1.54, 1.807) is 0 Å². The fourth-order valence-electron chi connectivity index (χ4n) is 2.92. The van der Waals surface area contributed by atoms with Crippen LogP contribution in [0.4, 0.5) is 0 Å². The number of aromatic nitrogens is 1. The molecule has 0 fully saturated rings. The topological polar surface area (TPSA) is 47.0 Å². The molecule has 1 aromatic heterocycles. The summed E-state index contributed by atoms with van der Waals surface area (Å²) in [6, 6.07) is 31.5. The lowest BCUT2D eigenvalue weighted by Crippen LogP contribution is -1.91. The molecule has 0 saturated carbocycles. The van der Waals surface area contributed by atoms with E-state index in [1.165, 1.54) is 29.2 Å². The lowest BCUT2D eigenvalue weighted by Gasteiger charge is -2.14. The molecule has 3 nitrogen and oxygen atoms in total. The van der Waals surface area contributed by atoms with E-state index in [2.05, 4.69) is 90.7 Å². The molecule has 0 bridgehead atoms. The number of aldehydes is 1. The Labute approximate surface area is 172 Å². The molecule has 3 aromatic carbocycles. The number of hydrogen-bond donors (Lipinski definition) is 0. The Hall–Kier alpha value is -3.42. The van der Waals surface area contributed by atoms with Gasteiger partial charge >= 0.3 is 0 Å². The third-order valence-corrected chi connectivity index (χ3v) is 4.90. The Morgan fingerprint density at radius 2 is 1.21 bits per heavy atom. The Morgan fingerprint density at radius 3 is 1.69 bits per heavy atom. The molecule has 0 unspecified atom stereocenters. The van der Waals surface area contributed by atoms with Crippen LogP contribution in [0, 0.1) is 0 Å². The first kappa shape index (κ1) is 20.3. The van der Waals surface area contributed by atoms with Gasteiger partial charge in [0.1, 0.15) is 0 Å². The van der Waals surface area contributed by atoms with Crippen molar-refractivity contribution < 1.29 is 9.59 Å². The molecule has 0 saturated heterocycles. The van der Waals surface area contributed by atoms with E-state index in [9.17, 15) is 4.79 Å². The van der Waals surface area contributed by atoms with Crippen LogP contribution in [0.15, 0.2) is 96.8 Å². The highest BCUT2D eigenvalue weighted by molar-refractivity contribution is 7.24. The van der Waals surface area contributed by atoms with E-state index in [0.717, 1.165) is 19.6 Å². The summed E-state index contributed by atoms with van der Waals surface area (Å²) < 4.78 is 4.81. The van der Waals surface area contributed by atoms with Crippen molar-refractivity contribution in [1.29, 1.82) is 0 Å². The first-order valence-corrected chi connectivity index (χ1v) is 10.1. The smallest absolute Gasteiger partial charge is 0.192 e. The third-order valence-electron chi connectivity index (χ3n) is 4.21. The van der Waals surface area contributed by atoms with Gasteiger partial charge in [-0.1, -0.05) is 91.0 Å². The maximum Gasteiger partial charge on any atom is 0.192 e. The number of carbonyl (C=O) groups excluding carboxylic acids is 2. The molecule has 0 aliphatic heterocycles. The van der Waals surface area contributed by atoms with Crippen LogP contribution in [0.25, 0.3) is 33.5 Å². The van der Waals surface area contributed by atoms with E-state index >= 15 is 0 Å². The minimum atomic E-state index is -0.426. The van der Waals surface area contributed by atoms with Crippen molar-refractivity contribution in [3.63, 3.8) is 0 Å². The summed E-state index contributed by atoms with van der Waals surface area (Å²) in [7, 11) is 0.977. The van der Waals surface area contributed by atoms with E-state index in [-0.39, 0.29) is 6.29 Å². The van der Waals surface area contributed by atoms with Crippen molar-refractivity contribution >= 4 is 20.4 Å². The summed E-state index contributed by atoms with van der Waals surface area (Å²) in [5.41, 5.74) is 7.09. The number of hydrogen-bond acceptors (Lipinski definition) is 3. The molecule has 0 radical (unpaired) electrons. The Morgan fingerprint density at radius 1 is 0.759 bits per heavy atom. The minimum absolute atomic E-state index is 0.278. The number of Topliss-reactive ketones (excluding diaryl/α,β-unsaturated/α-hetero) is 1. The summed E-state index contributed by atoms with van der Waals surface area (Å²) >= 11 is 0. The molecule has 0 atom stereocenters. The van der Waals surface area contributed by atoms with Gasteiger partial charge in [-0.3, -0.25) is 9.59 Å². The zero-order valence-electron chi connectivity index (χ0n) is 16.0.